The average Bonchev–Trinajstić information content (AvgIpc) is 3.50. The molecule has 158 valence electrons. The molecule has 0 spiro atoms. The topological polar surface area (TPSA) is 43.2 Å². The lowest BCUT2D eigenvalue weighted by Gasteiger charge is -2.37. The molecule has 3 heterocycles. The summed E-state index contributed by atoms with van der Waals surface area (Å²) in [6.45, 7) is 0. The van der Waals surface area contributed by atoms with E-state index in [9.17, 15) is 5.26 Å². The summed E-state index contributed by atoms with van der Waals surface area (Å²) in [6.07, 6.45) is 1.94. The van der Waals surface area contributed by atoms with E-state index >= 15 is 0 Å². The molecule has 1 aliphatic rings. The molecule has 6 heteroatoms. The van der Waals surface area contributed by atoms with Gasteiger partial charge in [0, 0.05) is 11.9 Å². The summed E-state index contributed by atoms with van der Waals surface area (Å²) >= 11 is 3.22. The van der Waals surface area contributed by atoms with Gasteiger partial charge in [0.1, 0.15) is 16.1 Å². The highest BCUT2D eigenvalue weighted by Crippen LogP contribution is 2.51. The number of nitriles is 1. The number of nitrogens with zero attached hydrogens (tertiary/aromatic N) is 4. The molecule has 5 aromatic rings. The molecule has 0 unspecified atom stereocenters. The van der Waals surface area contributed by atoms with Gasteiger partial charge in [0.2, 0.25) is 0 Å². The van der Waals surface area contributed by atoms with Crippen molar-refractivity contribution >= 4 is 72.3 Å². The van der Waals surface area contributed by atoms with E-state index < -0.39 is 0 Å². The van der Waals surface area contributed by atoms with Gasteiger partial charge in [-0.25, -0.2) is 4.98 Å². The van der Waals surface area contributed by atoms with Crippen molar-refractivity contribution in [3.8, 4) is 6.07 Å². The van der Waals surface area contributed by atoms with Crippen LogP contribution < -0.4 is 9.80 Å². The van der Waals surface area contributed by atoms with Crippen molar-refractivity contribution in [3.05, 3.63) is 94.8 Å². The first-order chi connectivity index (χ1) is 16.2. The molecule has 0 saturated carbocycles. The minimum absolute atomic E-state index is 0.587. The fraction of sp³-hybridized carbons (Fsp3) is 0.0370. The molecule has 2 aromatic heterocycles. The van der Waals surface area contributed by atoms with Crippen LogP contribution in [-0.2, 0) is 0 Å². The van der Waals surface area contributed by atoms with Gasteiger partial charge >= 0.3 is 0 Å². The zero-order valence-electron chi connectivity index (χ0n) is 17.8. The Hall–Kier alpha value is -3.92. The number of fused-ring (bicyclic) bond motifs is 3. The summed E-state index contributed by atoms with van der Waals surface area (Å²) in [4.78, 5) is 10.2. The van der Waals surface area contributed by atoms with E-state index in [-0.39, 0.29) is 0 Å². The monoisotopic (exact) mass is 462 g/mol. The molecule has 0 atom stereocenters. The maximum absolute atomic E-state index is 9.85. The number of rotatable bonds is 3. The Morgan fingerprint density at radius 1 is 0.818 bits per heavy atom. The Morgan fingerprint density at radius 2 is 1.45 bits per heavy atom. The van der Waals surface area contributed by atoms with Gasteiger partial charge in [0.15, 0.2) is 0 Å². The lowest BCUT2D eigenvalue weighted by molar-refractivity contribution is 1.14. The maximum atomic E-state index is 9.85. The number of thiazole rings is 1. The highest BCUT2D eigenvalue weighted by Gasteiger charge is 2.27. The number of para-hydroxylation sites is 5. The van der Waals surface area contributed by atoms with Crippen LogP contribution in [0, 0.1) is 11.3 Å². The molecule has 0 amide bonds. The molecule has 3 aromatic carbocycles. The van der Waals surface area contributed by atoms with Crippen molar-refractivity contribution in [3.63, 3.8) is 0 Å². The highest BCUT2D eigenvalue weighted by atomic mass is 32.1. The summed E-state index contributed by atoms with van der Waals surface area (Å²) in [7, 11) is 2.11. The fourth-order valence-corrected chi connectivity index (χ4v) is 6.09. The molecule has 6 rings (SSSR count). The SMILES string of the molecule is CN1c2ccccc2N(c2ccc(/C=C(\C#N)c3nc4ccccc4s3)s2)c2ccccc21. The zero-order valence-corrected chi connectivity index (χ0v) is 19.4. The number of anilines is 5. The van der Waals surface area contributed by atoms with Crippen LogP contribution in [0.2, 0.25) is 0 Å². The Labute approximate surface area is 199 Å². The molecular formula is C27H18N4S2. The number of benzene rings is 3. The number of thiophene rings is 1. The second-order valence-electron chi connectivity index (χ2n) is 7.70. The standard InChI is InChI=1S/C27H18N4S2/c1-30-21-9-3-5-11-23(21)31(24-12-6-4-10-22(24)30)26-15-14-19(32-26)16-18(17-28)27-29-20-8-2-7-13-25(20)33-27/h2-16H,1H3/b18-16+. The van der Waals surface area contributed by atoms with E-state index in [1.807, 2.05) is 30.3 Å². The van der Waals surface area contributed by atoms with Crippen LogP contribution in [0.5, 0.6) is 0 Å². The van der Waals surface area contributed by atoms with Crippen LogP contribution in [0.15, 0.2) is 84.9 Å². The smallest absolute Gasteiger partial charge is 0.135 e. The number of hydrogen-bond donors (Lipinski definition) is 0. The third-order valence-electron chi connectivity index (χ3n) is 5.73. The van der Waals surface area contributed by atoms with Crippen molar-refractivity contribution in [2.45, 2.75) is 0 Å². The predicted octanol–water partition coefficient (Wildman–Crippen LogP) is 7.97. The van der Waals surface area contributed by atoms with E-state index in [4.69, 9.17) is 0 Å². The summed E-state index contributed by atoms with van der Waals surface area (Å²) in [5, 5.41) is 11.7. The largest absolute Gasteiger partial charge is 0.341 e. The molecule has 33 heavy (non-hydrogen) atoms. The normalized spacial score (nSPS) is 13.0. The van der Waals surface area contributed by atoms with Gasteiger partial charge in [-0.05, 0) is 54.6 Å². The van der Waals surface area contributed by atoms with Gasteiger partial charge in [-0.1, -0.05) is 36.4 Å². The van der Waals surface area contributed by atoms with Crippen molar-refractivity contribution in [2.24, 2.45) is 0 Å². The fourth-order valence-electron chi connectivity index (χ4n) is 4.18. The number of aromatic nitrogens is 1. The molecular weight excluding hydrogens is 444 g/mol. The van der Waals surface area contributed by atoms with E-state index in [1.54, 1.807) is 22.7 Å². The van der Waals surface area contributed by atoms with E-state index in [0.717, 1.165) is 47.9 Å². The van der Waals surface area contributed by atoms with Gasteiger partial charge < -0.3 is 4.90 Å². The summed E-state index contributed by atoms with van der Waals surface area (Å²) in [6, 6.07) is 31.4. The quantitative estimate of drug-likeness (QED) is 0.255. The number of allylic oxidation sites excluding steroid dienone is 1. The average molecular weight is 463 g/mol. The maximum Gasteiger partial charge on any atom is 0.135 e. The van der Waals surface area contributed by atoms with Crippen molar-refractivity contribution in [1.82, 2.24) is 4.98 Å². The predicted molar refractivity (Wildman–Crippen MR) is 140 cm³/mol. The number of hydrogen-bond acceptors (Lipinski definition) is 6. The lowest BCUT2D eigenvalue weighted by atomic mass is 10.1. The third kappa shape index (κ3) is 3.30. The van der Waals surface area contributed by atoms with Gasteiger partial charge in [0.05, 0.1) is 38.5 Å². The summed E-state index contributed by atoms with van der Waals surface area (Å²) in [5.41, 5.74) is 6.12. The molecule has 4 nitrogen and oxygen atoms in total. The van der Waals surface area contributed by atoms with Crippen LogP contribution in [0.4, 0.5) is 27.8 Å². The second kappa shape index (κ2) is 7.89. The van der Waals surface area contributed by atoms with Crippen molar-refractivity contribution in [1.29, 1.82) is 5.26 Å². The van der Waals surface area contributed by atoms with E-state index in [2.05, 4.69) is 88.6 Å². The van der Waals surface area contributed by atoms with Crippen LogP contribution in [0.25, 0.3) is 21.9 Å². The molecule has 0 aliphatic carbocycles. The van der Waals surface area contributed by atoms with Crippen LogP contribution in [0.1, 0.15) is 9.88 Å². The zero-order chi connectivity index (χ0) is 22.4. The Morgan fingerprint density at radius 3 is 2.12 bits per heavy atom. The third-order valence-corrected chi connectivity index (χ3v) is 7.82. The molecule has 0 radical (unpaired) electrons. The summed E-state index contributed by atoms with van der Waals surface area (Å²) in [5.74, 6) is 0. The summed E-state index contributed by atoms with van der Waals surface area (Å²) < 4.78 is 1.09. The minimum atomic E-state index is 0.587. The Kier molecular flexibility index (Phi) is 4.72. The van der Waals surface area contributed by atoms with Crippen LogP contribution >= 0.6 is 22.7 Å². The van der Waals surface area contributed by atoms with Gasteiger partial charge in [-0.3, -0.25) is 4.90 Å². The molecule has 0 saturated heterocycles. The highest BCUT2D eigenvalue weighted by molar-refractivity contribution is 7.20. The van der Waals surface area contributed by atoms with Gasteiger partial charge in [0.25, 0.3) is 0 Å². The first-order valence-corrected chi connectivity index (χ1v) is 12.2. The van der Waals surface area contributed by atoms with Crippen molar-refractivity contribution in [2.75, 3.05) is 16.8 Å². The lowest BCUT2D eigenvalue weighted by Crippen LogP contribution is -2.23. The minimum Gasteiger partial charge on any atom is -0.341 e. The van der Waals surface area contributed by atoms with E-state index in [0.29, 0.717) is 5.57 Å². The molecule has 1 aliphatic heterocycles. The molecule has 0 N–H and O–H groups in total. The second-order valence-corrected chi connectivity index (χ2v) is 9.83. The van der Waals surface area contributed by atoms with Crippen LogP contribution in [-0.4, -0.2) is 12.0 Å². The Bertz CT molecular complexity index is 1490. The Balaban J connectivity index is 1.43. The van der Waals surface area contributed by atoms with E-state index in [1.165, 1.54) is 0 Å². The van der Waals surface area contributed by atoms with Gasteiger partial charge in [-0.15, -0.1) is 22.7 Å². The van der Waals surface area contributed by atoms with Gasteiger partial charge in [-0.2, -0.15) is 5.26 Å². The molecule has 0 fully saturated rings. The van der Waals surface area contributed by atoms with Crippen LogP contribution in [0.3, 0.4) is 0 Å². The first kappa shape index (κ1) is 19.7. The van der Waals surface area contributed by atoms with Crippen molar-refractivity contribution < 1.29 is 0 Å². The first-order valence-electron chi connectivity index (χ1n) is 10.5. The molecule has 0 bridgehead atoms.